The van der Waals surface area contributed by atoms with Gasteiger partial charge < -0.3 is 9.84 Å². The van der Waals surface area contributed by atoms with E-state index in [9.17, 15) is 18.3 Å². The average molecular weight is 280 g/mol. The van der Waals surface area contributed by atoms with Gasteiger partial charge in [0.2, 0.25) is 0 Å². The van der Waals surface area contributed by atoms with Crippen LogP contribution in [0.1, 0.15) is 17.5 Å². The monoisotopic (exact) mass is 280 g/mol. The quantitative estimate of drug-likeness (QED) is 0.857. The highest BCUT2D eigenvalue weighted by atomic mass is 19.4. The van der Waals surface area contributed by atoms with Gasteiger partial charge in [-0.1, -0.05) is 0 Å². The van der Waals surface area contributed by atoms with Gasteiger partial charge in [-0.05, 0) is 24.3 Å². The molecular formula is C13H7F3N2O2. The fraction of sp³-hybridized carbons (Fsp3) is 0.231. The summed E-state index contributed by atoms with van der Waals surface area (Å²) in [6, 6.07) is 8.93. The Balaban J connectivity index is 2.40. The molecule has 1 N–H and O–H groups in total. The van der Waals surface area contributed by atoms with E-state index in [1.54, 1.807) is 6.07 Å². The number of nitrogens with zero attached hydrogens (tertiary/aromatic N) is 2. The first-order chi connectivity index (χ1) is 9.30. The number of hydrogen-bond donors (Lipinski definition) is 1. The van der Waals surface area contributed by atoms with Crippen LogP contribution in [0.4, 0.5) is 13.2 Å². The van der Waals surface area contributed by atoms with Crippen LogP contribution in [0.3, 0.4) is 0 Å². The number of hydrogen-bond acceptors (Lipinski definition) is 4. The normalized spacial score (nSPS) is 22.1. The Morgan fingerprint density at radius 1 is 1.15 bits per heavy atom. The number of ether oxygens (including phenoxy) is 1. The average Bonchev–Trinajstić information content (AvgIpc) is 2.77. The molecule has 4 nitrogen and oxygen atoms in total. The zero-order valence-corrected chi connectivity index (χ0v) is 9.90. The van der Waals surface area contributed by atoms with Gasteiger partial charge in [0.05, 0.1) is 29.7 Å². The lowest BCUT2D eigenvalue weighted by Crippen LogP contribution is -2.44. The van der Waals surface area contributed by atoms with Crippen molar-refractivity contribution in [1.29, 1.82) is 10.5 Å². The molecule has 7 heteroatoms. The summed E-state index contributed by atoms with van der Waals surface area (Å²) in [5, 5.41) is 27.0. The number of halogens is 3. The fourth-order valence-corrected chi connectivity index (χ4v) is 1.76. The van der Waals surface area contributed by atoms with E-state index in [0.717, 1.165) is 0 Å². The van der Waals surface area contributed by atoms with Gasteiger partial charge in [0, 0.05) is 5.56 Å². The highest BCUT2D eigenvalue weighted by Crippen LogP contribution is 2.46. The Morgan fingerprint density at radius 2 is 1.75 bits per heavy atom. The molecule has 0 saturated carbocycles. The van der Waals surface area contributed by atoms with Gasteiger partial charge in [-0.3, -0.25) is 0 Å². The molecule has 0 radical (unpaired) electrons. The molecule has 1 atom stereocenters. The van der Waals surface area contributed by atoms with Crippen molar-refractivity contribution in [1.82, 2.24) is 0 Å². The van der Waals surface area contributed by atoms with Gasteiger partial charge in [-0.2, -0.15) is 23.7 Å². The van der Waals surface area contributed by atoms with E-state index in [-0.39, 0.29) is 16.9 Å². The summed E-state index contributed by atoms with van der Waals surface area (Å²) in [4.78, 5) is 0. The smallest absolute Gasteiger partial charge is 0.451 e. The molecule has 0 aromatic heterocycles. The number of rotatable bonds is 1. The lowest BCUT2D eigenvalue weighted by molar-refractivity contribution is -0.337. The van der Waals surface area contributed by atoms with Crippen LogP contribution in [-0.2, 0) is 4.74 Å². The maximum atomic E-state index is 12.7. The van der Waals surface area contributed by atoms with Crippen molar-refractivity contribution < 1.29 is 23.0 Å². The maximum Gasteiger partial charge on any atom is 0.455 e. The Bertz CT molecular complexity index is 650. The molecule has 1 aromatic rings. The van der Waals surface area contributed by atoms with Gasteiger partial charge in [0.15, 0.2) is 0 Å². The molecule has 0 spiro atoms. The van der Waals surface area contributed by atoms with Crippen LogP contribution < -0.4 is 0 Å². The molecule has 0 bridgehead atoms. The van der Waals surface area contributed by atoms with Crippen LogP contribution in [0.5, 0.6) is 0 Å². The molecule has 2 rings (SSSR count). The van der Waals surface area contributed by atoms with Crippen LogP contribution in [0.2, 0.25) is 0 Å². The van der Waals surface area contributed by atoms with E-state index >= 15 is 0 Å². The van der Waals surface area contributed by atoms with E-state index in [0.29, 0.717) is 5.56 Å². The summed E-state index contributed by atoms with van der Waals surface area (Å²) in [6.07, 6.45) is -5.97. The summed E-state index contributed by atoms with van der Waals surface area (Å²) >= 11 is 0. The number of nitriles is 2. The molecule has 1 aliphatic heterocycles. The Hall–Kier alpha value is -2.51. The van der Waals surface area contributed by atoms with Crippen LogP contribution in [0.25, 0.3) is 5.76 Å². The van der Waals surface area contributed by atoms with E-state index in [1.165, 1.54) is 24.3 Å². The van der Waals surface area contributed by atoms with Crippen molar-refractivity contribution in [2.45, 2.75) is 18.4 Å². The lowest BCUT2D eigenvalue weighted by atomic mass is 10.0. The summed E-state index contributed by atoms with van der Waals surface area (Å²) in [5.41, 5.74) is 0.215. The van der Waals surface area contributed by atoms with Crippen molar-refractivity contribution in [3.8, 4) is 12.1 Å². The predicted octanol–water partition coefficient (Wildman–Crippen LogP) is 2.46. The summed E-state index contributed by atoms with van der Waals surface area (Å²) in [6.45, 7) is 0. The largest absolute Gasteiger partial charge is 0.455 e. The molecule has 102 valence electrons. The second-order valence-electron chi connectivity index (χ2n) is 4.17. The van der Waals surface area contributed by atoms with Gasteiger partial charge in [-0.15, -0.1) is 0 Å². The lowest BCUT2D eigenvalue weighted by Gasteiger charge is -2.25. The summed E-state index contributed by atoms with van der Waals surface area (Å²) in [5.74, 6) is -3.71. The Labute approximate surface area is 111 Å². The summed E-state index contributed by atoms with van der Waals surface area (Å²) in [7, 11) is 0. The molecule has 0 aliphatic carbocycles. The topological polar surface area (TPSA) is 77.0 Å². The fourth-order valence-electron chi connectivity index (χ4n) is 1.76. The van der Waals surface area contributed by atoms with E-state index in [4.69, 9.17) is 10.5 Å². The van der Waals surface area contributed by atoms with Crippen molar-refractivity contribution >= 4 is 5.76 Å². The highest BCUT2D eigenvalue weighted by Gasteiger charge is 2.60. The van der Waals surface area contributed by atoms with Gasteiger partial charge in [0.1, 0.15) is 5.76 Å². The molecular weight excluding hydrogens is 273 g/mol. The molecule has 1 unspecified atom stereocenters. The zero-order chi connectivity index (χ0) is 15.0. The third-order valence-electron chi connectivity index (χ3n) is 2.82. The minimum atomic E-state index is -5.01. The second kappa shape index (κ2) is 4.55. The molecule has 20 heavy (non-hydrogen) atoms. The highest BCUT2D eigenvalue weighted by molar-refractivity contribution is 5.69. The van der Waals surface area contributed by atoms with Crippen molar-refractivity contribution in [2.24, 2.45) is 0 Å². The first-order valence-corrected chi connectivity index (χ1v) is 5.42. The SMILES string of the molecule is N#CC1=C(c2ccc(C#N)cc2)OC(O)(C(F)(F)F)C1. The van der Waals surface area contributed by atoms with Crippen LogP contribution in [0.15, 0.2) is 29.8 Å². The third-order valence-corrected chi connectivity index (χ3v) is 2.82. The van der Waals surface area contributed by atoms with Gasteiger partial charge in [-0.25, -0.2) is 0 Å². The number of aliphatic hydroxyl groups is 1. The predicted molar refractivity (Wildman–Crippen MR) is 60.4 cm³/mol. The summed E-state index contributed by atoms with van der Waals surface area (Å²) < 4.78 is 42.7. The van der Waals surface area contributed by atoms with Crippen LogP contribution in [-0.4, -0.2) is 17.1 Å². The van der Waals surface area contributed by atoms with Gasteiger partial charge >= 0.3 is 12.0 Å². The van der Waals surface area contributed by atoms with E-state index in [1.807, 2.05) is 6.07 Å². The molecule has 1 heterocycles. The van der Waals surface area contributed by atoms with Crippen LogP contribution in [0, 0.1) is 22.7 Å². The van der Waals surface area contributed by atoms with Crippen molar-refractivity contribution in [3.63, 3.8) is 0 Å². The molecule has 1 aliphatic rings. The minimum absolute atomic E-state index is 0.195. The van der Waals surface area contributed by atoms with Gasteiger partial charge in [0.25, 0.3) is 0 Å². The molecule has 0 saturated heterocycles. The third kappa shape index (κ3) is 2.20. The standard InChI is InChI=1S/C13H7F3N2O2/c14-13(15,16)12(19)5-10(7-18)11(20-12)9-3-1-8(6-17)2-4-9/h1-4,19H,5H2. The second-order valence-corrected chi connectivity index (χ2v) is 4.17. The number of benzene rings is 1. The molecule has 0 amide bonds. The molecule has 1 aromatic carbocycles. The van der Waals surface area contributed by atoms with E-state index < -0.39 is 18.4 Å². The number of alkyl halides is 3. The maximum absolute atomic E-state index is 12.7. The molecule has 0 fully saturated rings. The van der Waals surface area contributed by atoms with Crippen LogP contribution >= 0.6 is 0 Å². The minimum Gasteiger partial charge on any atom is -0.451 e. The first kappa shape index (κ1) is 13.9. The zero-order valence-electron chi connectivity index (χ0n) is 9.90. The van der Waals surface area contributed by atoms with E-state index in [2.05, 4.69) is 4.74 Å². The Kier molecular flexibility index (Phi) is 3.16. The van der Waals surface area contributed by atoms with Crippen molar-refractivity contribution in [2.75, 3.05) is 0 Å². The first-order valence-electron chi connectivity index (χ1n) is 5.42. The van der Waals surface area contributed by atoms with Crippen molar-refractivity contribution in [3.05, 3.63) is 41.0 Å². The Morgan fingerprint density at radius 3 is 2.20 bits per heavy atom.